The maximum absolute atomic E-state index is 12.7. The van der Waals surface area contributed by atoms with Crippen molar-refractivity contribution >= 4 is 27.6 Å². The van der Waals surface area contributed by atoms with Gasteiger partial charge in [0.15, 0.2) is 6.10 Å². The number of hydrogen-bond acceptors (Lipinski definition) is 11. The number of carbonyl (C=O) groups excluding carboxylic acids is 2. The van der Waals surface area contributed by atoms with Crippen molar-refractivity contribution in [2.45, 2.75) is 180 Å². The molecule has 0 spiro atoms. The number of unbranched alkanes of at least 4 members (excludes halogenated alkanes) is 11. The van der Waals surface area contributed by atoms with Crippen LogP contribution in [-0.4, -0.2) is 81.6 Å². The highest BCUT2D eigenvalue weighted by Crippen LogP contribution is 2.43. The molecule has 0 saturated heterocycles. The standard InChI is InChI=1S/C46H80O14P2/c1-3-5-6-7-8-9-10-11-12-13-14-18-21-24-27-30-33-36-45(49)56-40-44(41-59-62(54,55)58-39-43(48)38-57-61(51,52)53)60-46(50)37-34-31-28-25-22-19-16-15-17-20-23-26-29-32-35-42(47)4-2/h8-9,11-12,16-17,19-20,25-26,28-29,42-44,47-48H,3-7,10,13-15,18,21-24,27,30-41H2,1-2H3,(H,54,55)(H2,51,52,53)/b9-8-,12-11-,19-16-,20-17-,28-25-,29-26-/t42-,43+,44-/m1/s1. The van der Waals surface area contributed by atoms with E-state index in [4.69, 9.17) is 23.8 Å². The number of aliphatic hydroxyl groups is 2. The van der Waals surface area contributed by atoms with Crippen LogP contribution in [-0.2, 0) is 41.8 Å². The number of phosphoric acid groups is 2. The zero-order valence-electron chi connectivity index (χ0n) is 37.6. The summed E-state index contributed by atoms with van der Waals surface area (Å²) < 4.78 is 47.7. The Morgan fingerprint density at radius 2 is 0.952 bits per heavy atom. The molecule has 0 fully saturated rings. The molecule has 0 rings (SSSR count). The normalized spacial score (nSPS) is 15.1. The van der Waals surface area contributed by atoms with Gasteiger partial charge in [-0.1, -0.05) is 132 Å². The number of esters is 2. The lowest BCUT2D eigenvalue weighted by atomic mass is 10.1. The van der Waals surface area contributed by atoms with Crippen LogP contribution < -0.4 is 0 Å². The van der Waals surface area contributed by atoms with Crippen molar-refractivity contribution in [1.29, 1.82) is 0 Å². The van der Waals surface area contributed by atoms with Gasteiger partial charge in [-0.05, 0) is 89.9 Å². The molecule has 16 heteroatoms. The number of allylic oxidation sites excluding steroid dienone is 12. The highest BCUT2D eigenvalue weighted by molar-refractivity contribution is 7.47. The van der Waals surface area contributed by atoms with E-state index in [-0.39, 0.29) is 18.9 Å². The van der Waals surface area contributed by atoms with E-state index in [1.807, 2.05) is 19.1 Å². The van der Waals surface area contributed by atoms with Crippen molar-refractivity contribution in [3.05, 3.63) is 72.9 Å². The molecule has 0 radical (unpaired) electrons. The second kappa shape index (κ2) is 41.2. The molecule has 5 N–H and O–H groups in total. The van der Waals surface area contributed by atoms with Crippen LogP contribution in [0, 0.1) is 0 Å². The molecule has 358 valence electrons. The van der Waals surface area contributed by atoms with Crippen molar-refractivity contribution in [3.63, 3.8) is 0 Å². The van der Waals surface area contributed by atoms with Gasteiger partial charge in [0.1, 0.15) is 12.7 Å². The van der Waals surface area contributed by atoms with Gasteiger partial charge in [0.05, 0.1) is 25.9 Å². The van der Waals surface area contributed by atoms with E-state index in [1.165, 1.54) is 25.7 Å². The summed E-state index contributed by atoms with van der Waals surface area (Å²) in [6.07, 6.45) is 42.6. The summed E-state index contributed by atoms with van der Waals surface area (Å²) in [4.78, 5) is 52.7. The third-order valence-corrected chi connectivity index (χ3v) is 10.7. The highest BCUT2D eigenvalue weighted by Gasteiger charge is 2.28. The molecule has 14 nitrogen and oxygen atoms in total. The van der Waals surface area contributed by atoms with Gasteiger partial charge >= 0.3 is 27.6 Å². The van der Waals surface area contributed by atoms with Gasteiger partial charge in [-0.3, -0.25) is 23.2 Å². The third kappa shape index (κ3) is 44.1. The van der Waals surface area contributed by atoms with Crippen LogP contribution in [0.25, 0.3) is 0 Å². The fraction of sp³-hybridized carbons (Fsp3) is 0.696. The largest absolute Gasteiger partial charge is 0.472 e. The first-order valence-electron chi connectivity index (χ1n) is 22.7. The molecular formula is C46H80O14P2. The smallest absolute Gasteiger partial charge is 0.462 e. The van der Waals surface area contributed by atoms with Gasteiger partial charge in [-0.2, -0.15) is 0 Å². The third-order valence-electron chi connectivity index (χ3n) is 9.22. The van der Waals surface area contributed by atoms with Crippen molar-refractivity contribution in [2.24, 2.45) is 0 Å². The van der Waals surface area contributed by atoms with E-state index in [2.05, 4.69) is 76.7 Å². The molecule has 0 saturated carbocycles. The second-order valence-electron chi connectivity index (χ2n) is 15.1. The fourth-order valence-electron chi connectivity index (χ4n) is 5.59. The van der Waals surface area contributed by atoms with Crippen LogP contribution in [0.1, 0.15) is 162 Å². The van der Waals surface area contributed by atoms with Gasteiger partial charge in [-0.15, -0.1) is 0 Å². The predicted molar refractivity (Wildman–Crippen MR) is 245 cm³/mol. The Bertz CT molecular complexity index is 1390. The van der Waals surface area contributed by atoms with Crippen LogP contribution in [0.4, 0.5) is 0 Å². The minimum Gasteiger partial charge on any atom is -0.462 e. The average molecular weight is 919 g/mol. The second-order valence-corrected chi connectivity index (χ2v) is 17.8. The maximum atomic E-state index is 12.7. The van der Waals surface area contributed by atoms with Crippen LogP contribution in [0.5, 0.6) is 0 Å². The van der Waals surface area contributed by atoms with Crippen molar-refractivity contribution in [3.8, 4) is 0 Å². The van der Waals surface area contributed by atoms with E-state index < -0.39 is 66.2 Å². The van der Waals surface area contributed by atoms with Crippen LogP contribution in [0.3, 0.4) is 0 Å². The first kappa shape index (κ1) is 59.5. The zero-order chi connectivity index (χ0) is 46.0. The first-order chi connectivity index (χ1) is 29.8. The summed E-state index contributed by atoms with van der Waals surface area (Å²) in [5, 5.41) is 19.3. The molecule has 0 bridgehead atoms. The molecule has 0 heterocycles. The summed E-state index contributed by atoms with van der Waals surface area (Å²) in [7, 11) is -9.71. The Morgan fingerprint density at radius 1 is 0.500 bits per heavy atom. The zero-order valence-corrected chi connectivity index (χ0v) is 39.3. The van der Waals surface area contributed by atoms with E-state index in [0.29, 0.717) is 19.3 Å². The van der Waals surface area contributed by atoms with Crippen molar-refractivity contribution in [1.82, 2.24) is 0 Å². The molecule has 4 atom stereocenters. The molecule has 0 amide bonds. The SMILES string of the molecule is CCCCC/C=C\C/C=C\CCCCCCCCCC(=O)OC[C@H](COP(=O)(O)OC[C@@H](O)COP(=O)(O)O)OC(=O)CCC/C=C\C/C=C\C/C=C\C/C=C\CC[C@H](O)CC. The molecule has 1 unspecified atom stereocenters. The summed E-state index contributed by atoms with van der Waals surface area (Å²) in [6, 6.07) is 0. The first-order valence-corrected chi connectivity index (χ1v) is 25.7. The number of carbonyl (C=O) groups is 2. The quantitative estimate of drug-likeness (QED) is 0.0167. The van der Waals surface area contributed by atoms with E-state index >= 15 is 0 Å². The molecule has 0 aliphatic rings. The molecule has 0 aromatic carbocycles. The average Bonchev–Trinajstić information content (AvgIpc) is 3.23. The molecular weight excluding hydrogens is 838 g/mol. The highest BCUT2D eigenvalue weighted by atomic mass is 31.2. The molecule has 0 aliphatic carbocycles. The van der Waals surface area contributed by atoms with Crippen LogP contribution in [0.15, 0.2) is 72.9 Å². The summed E-state index contributed by atoms with van der Waals surface area (Å²) >= 11 is 0. The maximum Gasteiger partial charge on any atom is 0.472 e. The summed E-state index contributed by atoms with van der Waals surface area (Å²) in [5.74, 6) is -1.13. The van der Waals surface area contributed by atoms with Gasteiger partial charge in [0.2, 0.25) is 0 Å². The van der Waals surface area contributed by atoms with E-state index in [9.17, 15) is 33.8 Å². The number of ether oxygens (including phenoxy) is 2. The minimum absolute atomic E-state index is 0.0374. The monoisotopic (exact) mass is 919 g/mol. The Labute approximate surface area is 372 Å². The minimum atomic E-state index is -4.88. The summed E-state index contributed by atoms with van der Waals surface area (Å²) in [6.45, 7) is 1.37. The topological polar surface area (TPSA) is 216 Å². The summed E-state index contributed by atoms with van der Waals surface area (Å²) in [5.41, 5.74) is 0. The number of rotatable bonds is 42. The lowest BCUT2D eigenvalue weighted by molar-refractivity contribution is -0.161. The van der Waals surface area contributed by atoms with Gasteiger partial charge < -0.3 is 34.4 Å². The molecule has 0 aromatic heterocycles. The fourth-order valence-corrected chi connectivity index (χ4v) is 6.74. The van der Waals surface area contributed by atoms with Crippen molar-refractivity contribution < 1.29 is 66.7 Å². The Kier molecular flexibility index (Phi) is 39.6. The van der Waals surface area contributed by atoms with E-state index in [1.54, 1.807) is 0 Å². The van der Waals surface area contributed by atoms with Gasteiger partial charge in [0.25, 0.3) is 0 Å². The van der Waals surface area contributed by atoms with Crippen LogP contribution in [0.2, 0.25) is 0 Å². The van der Waals surface area contributed by atoms with Gasteiger partial charge in [-0.25, -0.2) is 9.13 Å². The van der Waals surface area contributed by atoms with Gasteiger partial charge in [0, 0.05) is 12.8 Å². The lowest BCUT2D eigenvalue weighted by Gasteiger charge is -2.20. The number of aliphatic hydroxyl groups excluding tert-OH is 2. The van der Waals surface area contributed by atoms with E-state index in [0.717, 1.165) is 89.9 Å². The Hall–Kier alpha value is -2.48. The molecule has 0 aliphatic heterocycles. The Balaban J connectivity index is 4.62. The van der Waals surface area contributed by atoms with Crippen molar-refractivity contribution in [2.75, 3.05) is 26.4 Å². The lowest BCUT2D eigenvalue weighted by Crippen LogP contribution is -2.29. The van der Waals surface area contributed by atoms with Crippen LogP contribution >= 0.6 is 15.6 Å². The number of phosphoric ester groups is 2. The molecule has 62 heavy (non-hydrogen) atoms. The number of hydrogen-bond donors (Lipinski definition) is 5. The molecule has 0 aromatic rings. The predicted octanol–water partition coefficient (Wildman–Crippen LogP) is 10.8. The Morgan fingerprint density at radius 3 is 1.50 bits per heavy atom.